The van der Waals surface area contributed by atoms with Crippen LogP contribution in [0.2, 0.25) is 0 Å². The lowest BCUT2D eigenvalue weighted by atomic mass is 9.47. The summed E-state index contributed by atoms with van der Waals surface area (Å²) in [7, 11) is 0. The van der Waals surface area contributed by atoms with E-state index in [9.17, 15) is 0 Å². The first-order valence-electron chi connectivity index (χ1n) is 8.62. The molecule has 5 atom stereocenters. The minimum Gasteiger partial charge on any atom is -0.0998 e. The summed E-state index contributed by atoms with van der Waals surface area (Å²) >= 11 is 0. The highest BCUT2D eigenvalue weighted by Gasteiger charge is 2.57. The van der Waals surface area contributed by atoms with E-state index in [1.807, 2.05) is 13.8 Å². The van der Waals surface area contributed by atoms with Crippen LogP contribution < -0.4 is 0 Å². The topological polar surface area (TPSA) is 0 Å². The second kappa shape index (κ2) is 5.26. The largest absolute Gasteiger partial charge is 0.0998 e. The van der Waals surface area contributed by atoms with Gasteiger partial charge < -0.3 is 0 Å². The highest BCUT2D eigenvalue weighted by molar-refractivity contribution is 5.17. The van der Waals surface area contributed by atoms with Crippen LogP contribution in [0.4, 0.5) is 0 Å². The van der Waals surface area contributed by atoms with Gasteiger partial charge in [-0.2, -0.15) is 0 Å². The van der Waals surface area contributed by atoms with E-state index in [0.717, 1.165) is 17.8 Å². The van der Waals surface area contributed by atoms with Gasteiger partial charge in [-0.15, -0.1) is 0 Å². The van der Waals surface area contributed by atoms with Crippen molar-refractivity contribution in [2.45, 2.75) is 79.6 Å². The third kappa shape index (κ3) is 2.30. The Morgan fingerprint density at radius 2 is 1.79 bits per heavy atom. The third-order valence-electron chi connectivity index (χ3n) is 6.72. The molecular formula is C19H34. The molecule has 3 saturated carbocycles. The normalized spacial score (nSPS) is 48.9. The Bertz CT molecular complexity index is 342. The van der Waals surface area contributed by atoms with Crippen molar-refractivity contribution < 1.29 is 0 Å². The predicted octanol–water partition coefficient (Wildman–Crippen LogP) is 6.22. The van der Waals surface area contributed by atoms with Crippen LogP contribution in [0.5, 0.6) is 0 Å². The van der Waals surface area contributed by atoms with Crippen molar-refractivity contribution in [3.63, 3.8) is 0 Å². The van der Waals surface area contributed by atoms with Gasteiger partial charge in [-0.1, -0.05) is 59.6 Å². The van der Waals surface area contributed by atoms with Gasteiger partial charge >= 0.3 is 0 Å². The molecule has 0 radical (unpaired) electrons. The lowest BCUT2D eigenvalue weighted by molar-refractivity contribution is -0.0846. The van der Waals surface area contributed by atoms with Gasteiger partial charge in [-0.25, -0.2) is 0 Å². The fourth-order valence-electron chi connectivity index (χ4n) is 5.97. The lowest BCUT2D eigenvalue weighted by Crippen LogP contribution is -2.50. The molecule has 0 nitrogen and oxygen atoms in total. The van der Waals surface area contributed by atoms with Crippen LogP contribution in [0.3, 0.4) is 0 Å². The maximum Gasteiger partial charge on any atom is -0.0252 e. The zero-order valence-electron chi connectivity index (χ0n) is 13.9. The molecule has 0 N–H and O–H groups in total. The molecule has 0 aromatic carbocycles. The summed E-state index contributed by atoms with van der Waals surface area (Å²) in [6.07, 6.45) is 10.0. The number of hydrogen-bond donors (Lipinski definition) is 0. The van der Waals surface area contributed by atoms with Crippen LogP contribution in [-0.2, 0) is 0 Å². The van der Waals surface area contributed by atoms with Gasteiger partial charge in [0, 0.05) is 0 Å². The van der Waals surface area contributed by atoms with E-state index in [4.69, 9.17) is 0 Å². The molecule has 0 heteroatoms. The van der Waals surface area contributed by atoms with Gasteiger partial charge in [0.15, 0.2) is 0 Å². The maximum atomic E-state index is 4.31. The molecule has 0 amide bonds. The molecule has 0 heterocycles. The number of fused-ring (bicyclic) bond motifs is 3. The number of allylic oxidation sites excluding steroid dienone is 1. The number of rotatable bonds is 0. The van der Waals surface area contributed by atoms with Crippen molar-refractivity contribution >= 4 is 0 Å². The van der Waals surface area contributed by atoms with Gasteiger partial charge in [-0.05, 0) is 60.7 Å². The van der Waals surface area contributed by atoms with Crippen LogP contribution >= 0.6 is 0 Å². The third-order valence-corrected chi connectivity index (χ3v) is 6.72. The minimum absolute atomic E-state index is 0.597. The smallest absolute Gasteiger partial charge is 0.0252 e. The highest BCUT2D eigenvalue weighted by Crippen LogP contribution is 2.66. The molecule has 3 fully saturated rings. The SMILES string of the molecule is C=C1CC2C(C)(CCC3C(C)CCCC32C)C1.CC. The van der Waals surface area contributed by atoms with Crippen LogP contribution in [0.15, 0.2) is 12.2 Å². The van der Waals surface area contributed by atoms with Crippen LogP contribution in [-0.4, -0.2) is 0 Å². The minimum atomic E-state index is 0.597. The molecular weight excluding hydrogens is 228 g/mol. The van der Waals surface area contributed by atoms with Crippen molar-refractivity contribution in [1.29, 1.82) is 0 Å². The predicted molar refractivity (Wildman–Crippen MR) is 85.2 cm³/mol. The molecule has 0 bridgehead atoms. The Morgan fingerprint density at radius 1 is 1.11 bits per heavy atom. The zero-order chi connectivity index (χ0) is 14.3. The highest BCUT2D eigenvalue weighted by atomic mass is 14.6. The summed E-state index contributed by atoms with van der Waals surface area (Å²) in [5.41, 5.74) is 2.77. The van der Waals surface area contributed by atoms with E-state index >= 15 is 0 Å². The van der Waals surface area contributed by atoms with Crippen molar-refractivity contribution in [1.82, 2.24) is 0 Å². The molecule has 5 unspecified atom stereocenters. The Kier molecular flexibility index (Phi) is 4.19. The van der Waals surface area contributed by atoms with E-state index < -0.39 is 0 Å². The van der Waals surface area contributed by atoms with Crippen LogP contribution in [0.25, 0.3) is 0 Å². The van der Waals surface area contributed by atoms with Crippen molar-refractivity contribution in [2.24, 2.45) is 28.6 Å². The van der Waals surface area contributed by atoms with Gasteiger partial charge in [0.25, 0.3) is 0 Å². The Morgan fingerprint density at radius 3 is 2.47 bits per heavy atom. The second-order valence-electron chi connectivity index (χ2n) is 7.86. The molecule has 3 aliphatic carbocycles. The van der Waals surface area contributed by atoms with Gasteiger partial charge in [0.2, 0.25) is 0 Å². The lowest BCUT2D eigenvalue weighted by Gasteiger charge is -2.57. The van der Waals surface area contributed by atoms with Gasteiger partial charge in [0.05, 0.1) is 0 Å². The first-order chi connectivity index (χ1) is 8.96. The first-order valence-corrected chi connectivity index (χ1v) is 8.62. The molecule has 3 rings (SSSR count). The molecule has 0 aliphatic heterocycles. The van der Waals surface area contributed by atoms with Gasteiger partial charge in [-0.3, -0.25) is 0 Å². The summed E-state index contributed by atoms with van der Waals surface area (Å²) < 4.78 is 0. The Labute approximate surface area is 121 Å². The van der Waals surface area contributed by atoms with E-state index in [1.54, 1.807) is 0 Å². The summed E-state index contributed by atoms with van der Waals surface area (Å²) in [6, 6.07) is 0. The van der Waals surface area contributed by atoms with E-state index in [-0.39, 0.29) is 0 Å². The standard InChI is InChI=1S/C17H28.C2H6/c1-12-10-15-16(3,11-12)9-7-14-13(2)6-5-8-17(14,15)4;1-2/h13-15H,1,5-11H2,2-4H3;1-2H3. The fourth-order valence-corrected chi connectivity index (χ4v) is 5.97. The van der Waals surface area contributed by atoms with Crippen molar-refractivity contribution in [2.75, 3.05) is 0 Å². The molecule has 0 aromatic rings. The summed E-state index contributed by atoms with van der Waals surface area (Å²) in [5.74, 6) is 2.90. The zero-order valence-corrected chi connectivity index (χ0v) is 13.9. The first kappa shape index (κ1) is 15.1. The van der Waals surface area contributed by atoms with Crippen molar-refractivity contribution in [3.05, 3.63) is 12.2 Å². The van der Waals surface area contributed by atoms with Crippen LogP contribution in [0, 0.1) is 28.6 Å². The molecule has 0 aromatic heterocycles. The van der Waals surface area contributed by atoms with Crippen LogP contribution in [0.1, 0.15) is 79.6 Å². The van der Waals surface area contributed by atoms with E-state index in [0.29, 0.717) is 10.8 Å². The van der Waals surface area contributed by atoms with E-state index in [1.165, 1.54) is 50.5 Å². The molecule has 0 saturated heterocycles. The van der Waals surface area contributed by atoms with E-state index in [2.05, 4.69) is 27.4 Å². The average molecular weight is 262 g/mol. The second-order valence-corrected chi connectivity index (χ2v) is 7.86. The maximum absolute atomic E-state index is 4.31. The summed E-state index contributed by atoms with van der Waals surface area (Å²) in [4.78, 5) is 0. The monoisotopic (exact) mass is 262 g/mol. The molecule has 110 valence electrons. The van der Waals surface area contributed by atoms with Gasteiger partial charge in [0.1, 0.15) is 0 Å². The average Bonchev–Trinajstić information content (AvgIpc) is 2.68. The number of hydrogen-bond acceptors (Lipinski definition) is 0. The van der Waals surface area contributed by atoms with Crippen molar-refractivity contribution in [3.8, 4) is 0 Å². The molecule has 0 spiro atoms. The summed E-state index contributed by atoms with van der Waals surface area (Å²) in [6.45, 7) is 16.0. The molecule has 19 heavy (non-hydrogen) atoms. The quantitative estimate of drug-likeness (QED) is 0.454. The summed E-state index contributed by atoms with van der Waals surface area (Å²) in [5, 5.41) is 0. The molecule has 3 aliphatic rings. The fraction of sp³-hybridized carbons (Fsp3) is 0.895. The Hall–Kier alpha value is -0.260. The Balaban J connectivity index is 0.000000637.